The molecular weight excluding hydrogens is 928 g/mol. The number of ether oxygens (including phenoxy) is 4. The number of aliphatic hydroxyl groups excluding tert-OH is 16. The number of carbonyl (C=O) groups excluding carboxylic acids is 1. The molecule has 4 rings (SSSR count). The summed E-state index contributed by atoms with van der Waals surface area (Å²) in [7, 11) is 0. The molecule has 0 heterocycles. The highest BCUT2D eigenvalue weighted by atomic mass is 17.1. The molecule has 0 aromatic heterocycles. The molecule has 396 valence electrons. The van der Waals surface area contributed by atoms with Gasteiger partial charge >= 0.3 is 5.97 Å². The zero-order chi connectivity index (χ0) is 51.8. The molecule has 14 atom stereocenters. The Kier molecular flexibility index (Phi) is 20.0. The SMILES string of the molecule is C=C1CC23CCC4[C@](C)(C(=O)OC(O)/C(OC(O)/C(O)=C(/O)C(O)CCO)=C(/OO)C(O)CCO)CCC[C@@]4(C)[C@@H]2CC[C@]1(OC(O)/C(OC(O)/C(O)=C(/O)C(O)CCO)=C(/OO)C(O)CCO)C3. The number of esters is 1. The maximum atomic E-state index is 14.4. The molecule has 0 radical (unpaired) electrons. The van der Waals surface area contributed by atoms with Crippen LogP contribution in [0.2, 0.25) is 0 Å². The summed E-state index contributed by atoms with van der Waals surface area (Å²) in [5.41, 5.74) is -3.31. The average molecular weight is 999 g/mol. The topological polar surface area (TPSA) is 437 Å². The average Bonchev–Trinajstić information content (AvgIpc) is 3.49. The molecule has 4 fully saturated rings. The highest BCUT2D eigenvalue weighted by molar-refractivity contribution is 5.77. The van der Waals surface area contributed by atoms with Crippen molar-refractivity contribution in [3.05, 3.63) is 58.2 Å². The molecule has 0 amide bonds. The van der Waals surface area contributed by atoms with Crippen LogP contribution in [0, 0.1) is 28.1 Å². The number of rotatable bonds is 26. The van der Waals surface area contributed by atoms with Crippen LogP contribution in [-0.2, 0) is 33.5 Å². The van der Waals surface area contributed by atoms with Gasteiger partial charge in [-0.3, -0.25) is 4.79 Å². The van der Waals surface area contributed by atoms with Crippen molar-refractivity contribution in [2.45, 2.75) is 152 Å². The second kappa shape index (κ2) is 23.9. The van der Waals surface area contributed by atoms with Crippen LogP contribution in [0.25, 0.3) is 0 Å². The second-order valence-corrected chi connectivity index (χ2v) is 18.7. The monoisotopic (exact) mass is 998 g/mol. The number of carbonyl (C=O) groups is 1. The molecule has 10 unspecified atom stereocenters. The van der Waals surface area contributed by atoms with E-state index in [1.165, 1.54) is 0 Å². The Bertz CT molecular complexity index is 1900. The Labute approximate surface area is 396 Å². The molecule has 1 spiro atoms. The molecular formula is C44H70O25. The van der Waals surface area contributed by atoms with Crippen LogP contribution in [0.5, 0.6) is 0 Å². The van der Waals surface area contributed by atoms with Crippen molar-refractivity contribution >= 4 is 5.97 Å². The van der Waals surface area contributed by atoms with Crippen LogP contribution in [0.15, 0.2) is 58.2 Å². The Morgan fingerprint density at radius 2 is 1.03 bits per heavy atom. The van der Waals surface area contributed by atoms with E-state index in [4.69, 9.17) is 29.2 Å². The summed E-state index contributed by atoms with van der Waals surface area (Å²) in [5.74, 6) is -11.0. The Morgan fingerprint density at radius 1 is 0.580 bits per heavy atom. The highest BCUT2D eigenvalue weighted by Gasteiger charge is 2.69. The van der Waals surface area contributed by atoms with E-state index in [-0.39, 0.29) is 25.2 Å². The maximum Gasteiger partial charge on any atom is 0.314 e. The largest absolute Gasteiger partial charge is 0.506 e. The molecule has 4 aliphatic rings. The first-order valence-corrected chi connectivity index (χ1v) is 22.6. The van der Waals surface area contributed by atoms with Gasteiger partial charge in [0, 0.05) is 52.1 Å². The quantitative estimate of drug-likeness (QED) is 0.0135. The predicted molar refractivity (Wildman–Crippen MR) is 229 cm³/mol. The lowest BCUT2D eigenvalue weighted by Gasteiger charge is -2.64. The summed E-state index contributed by atoms with van der Waals surface area (Å²) in [4.78, 5) is 23.0. The van der Waals surface area contributed by atoms with Crippen molar-refractivity contribution in [3.8, 4) is 0 Å². The third-order valence-electron chi connectivity index (χ3n) is 14.6. The Hall–Kier alpha value is -4.03. The van der Waals surface area contributed by atoms with Crippen molar-refractivity contribution in [2.24, 2.45) is 28.1 Å². The number of hydrogen-bond acceptors (Lipinski definition) is 25. The van der Waals surface area contributed by atoms with Gasteiger partial charge in [0.25, 0.3) is 18.9 Å². The predicted octanol–water partition coefficient (Wildman–Crippen LogP) is -0.0245. The smallest absolute Gasteiger partial charge is 0.314 e. The molecule has 25 heteroatoms. The second-order valence-electron chi connectivity index (χ2n) is 18.7. The fraction of sp³-hybridized carbons (Fsp3) is 0.750. The minimum atomic E-state index is -2.66. The molecule has 0 aliphatic heterocycles. The zero-order valence-electron chi connectivity index (χ0n) is 38.4. The van der Waals surface area contributed by atoms with E-state index in [1.807, 2.05) is 6.92 Å². The van der Waals surface area contributed by atoms with Crippen molar-refractivity contribution in [1.29, 1.82) is 0 Å². The molecule has 4 aliphatic carbocycles. The first-order chi connectivity index (χ1) is 32.4. The minimum absolute atomic E-state index is 0.138. The van der Waals surface area contributed by atoms with E-state index in [0.717, 1.165) is 0 Å². The van der Waals surface area contributed by atoms with Gasteiger partial charge in [-0.1, -0.05) is 19.9 Å². The van der Waals surface area contributed by atoms with Gasteiger partial charge in [0.15, 0.2) is 11.5 Å². The molecule has 0 aromatic rings. The van der Waals surface area contributed by atoms with Gasteiger partial charge in [0.2, 0.25) is 40.8 Å². The molecule has 4 saturated carbocycles. The Morgan fingerprint density at radius 3 is 1.49 bits per heavy atom. The molecule has 25 nitrogen and oxygen atoms in total. The van der Waals surface area contributed by atoms with Crippen molar-refractivity contribution in [1.82, 2.24) is 0 Å². The van der Waals surface area contributed by atoms with Crippen LogP contribution in [0.3, 0.4) is 0 Å². The van der Waals surface area contributed by atoms with Crippen molar-refractivity contribution < 1.29 is 126 Å². The van der Waals surface area contributed by atoms with E-state index in [9.17, 15) is 86.8 Å². The summed E-state index contributed by atoms with van der Waals surface area (Å²) in [5, 5.41) is 184. The van der Waals surface area contributed by atoms with E-state index >= 15 is 0 Å². The van der Waals surface area contributed by atoms with Gasteiger partial charge in [-0.2, -0.15) is 0 Å². The van der Waals surface area contributed by atoms with Gasteiger partial charge in [-0.25, -0.2) is 10.5 Å². The standard InChI is InChI=1S/C44H70O25/c1-21-19-43-13-5-26-41(2,11-4-12-42(26,3)40(61)66-38(59)34(32(68-62)24(51)9-17-47)64-36(57)30(55)28(53)22(49)7-15-45)27(43)6-14-44(21,20-43)67-39(60)35(33(69-63)25(52)10-18-48)65-37(58)31(56)29(54)23(50)8-16-46/h22-27,36-39,45-60,62-63H,1,4-20H2,2-3H3/b30-28-,31-29-,34-32-,35-33-/t22?,23?,24?,25?,26?,27-,36?,37?,38?,39?,41+,42+,43?,44-/m0/s1. The van der Waals surface area contributed by atoms with E-state index in [2.05, 4.69) is 16.4 Å². The van der Waals surface area contributed by atoms with Crippen LogP contribution in [0.4, 0.5) is 0 Å². The first kappa shape index (κ1) is 57.5. The van der Waals surface area contributed by atoms with E-state index < -0.39 is 181 Å². The van der Waals surface area contributed by atoms with Crippen molar-refractivity contribution in [2.75, 3.05) is 26.4 Å². The van der Waals surface area contributed by atoms with Gasteiger partial charge < -0.3 is 110 Å². The summed E-state index contributed by atoms with van der Waals surface area (Å²) in [6.07, 6.45) is -16.3. The van der Waals surface area contributed by atoms with Crippen molar-refractivity contribution in [3.63, 3.8) is 0 Å². The molecule has 69 heavy (non-hydrogen) atoms. The van der Waals surface area contributed by atoms with E-state index in [1.54, 1.807) is 6.92 Å². The van der Waals surface area contributed by atoms with Gasteiger partial charge in [-0.15, -0.1) is 0 Å². The lowest BCUT2D eigenvalue weighted by Crippen LogP contribution is -2.60. The van der Waals surface area contributed by atoms with Gasteiger partial charge in [0.05, 0.1) is 11.0 Å². The summed E-state index contributed by atoms with van der Waals surface area (Å²) < 4.78 is 22.3. The summed E-state index contributed by atoms with van der Waals surface area (Å²) >= 11 is 0. The lowest BCUT2D eigenvalue weighted by molar-refractivity contribution is -0.245. The first-order valence-electron chi connectivity index (χ1n) is 22.6. The van der Waals surface area contributed by atoms with Crippen LogP contribution >= 0.6 is 0 Å². The van der Waals surface area contributed by atoms with Crippen LogP contribution < -0.4 is 0 Å². The molecule has 0 aromatic carbocycles. The minimum Gasteiger partial charge on any atom is -0.506 e. The number of aliphatic hydroxyl groups is 16. The van der Waals surface area contributed by atoms with Gasteiger partial charge in [0.1, 0.15) is 24.4 Å². The molecule has 2 bridgehead atoms. The highest BCUT2D eigenvalue weighted by Crippen LogP contribution is 2.73. The number of fused-ring (bicyclic) bond motifs is 3. The third-order valence-corrected chi connectivity index (χ3v) is 14.6. The lowest BCUT2D eigenvalue weighted by atomic mass is 9.41. The summed E-state index contributed by atoms with van der Waals surface area (Å²) in [6, 6.07) is 0. The summed E-state index contributed by atoms with van der Waals surface area (Å²) in [6.45, 7) is 5.33. The van der Waals surface area contributed by atoms with E-state index in [0.29, 0.717) is 44.1 Å². The number of hydrogen-bond donors (Lipinski definition) is 18. The van der Waals surface area contributed by atoms with Crippen LogP contribution in [0.1, 0.15) is 97.3 Å². The van der Waals surface area contributed by atoms with Crippen LogP contribution in [-0.4, -0.2) is 180 Å². The Balaban J connectivity index is 1.63. The maximum absolute atomic E-state index is 14.4. The fourth-order valence-corrected chi connectivity index (χ4v) is 11.3. The fourth-order valence-electron chi connectivity index (χ4n) is 11.3. The normalized spacial score (nSPS) is 31.6. The molecule has 0 saturated heterocycles. The third kappa shape index (κ3) is 11.9. The molecule has 18 N–H and O–H groups in total. The van der Waals surface area contributed by atoms with Gasteiger partial charge in [-0.05, 0) is 86.5 Å². The zero-order valence-corrected chi connectivity index (χ0v) is 38.4.